The van der Waals surface area contributed by atoms with Crippen LogP contribution in [0.2, 0.25) is 0 Å². The first-order valence-corrected chi connectivity index (χ1v) is 6.14. The molecule has 7 heteroatoms. The molecular formula is C12H16N4O3. The van der Waals surface area contributed by atoms with Crippen LogP contribution >= 0.6 is 0 Å². The molecule has 0 amide bonds. The lowest BCUT2D eigenvalue weighted by Gasteiger charge is -2.42. The quantitative estimate of drug-likeness (QED) is 0.475. The van der Waals surface area contributed by atoms with Crippen molar-refractivity contribution in [2.45, 2.75) is 25.9 Å². The molecule has 2 unspecified atom stereocenters. The van der Waals surface area contributed by atoms with Gasteiger partial charge in [-0.15, -0.1) is 4.91 Å². The van der Waals surface area contributed by atoms with E-state index < -0.39 is 4.92 Å². The molecular weight excluding hydrogens is 248 g/mol. The zero-order chi connectivity index (χ0) is 14.0. The van der Waals surface area contributed by atoms with Crippen molar-refractivity contribution < 1.29 is 4.92 Å². The van der Waals surface area contributed by atoms with Crippen molar-refractivity contribution in [2.24, 2.45) is 5.29 Å². The van der Waals surface area contributed by atoms with Crippen molar-refractivity contribution in [1.82, 2.24) is 5.01 Å². The molecule has 7 nitrogen and oxygen atoms in total. The second-order valence-electron chi connectivity index (χ2n) is 4.83. The van der Waals surface area contributed by atoms with E-state index in [4.69, 9.17) is 0 Å². The van der Waals surface area contributed by atoms with Crippen LogP contribution in [0.1, 0.15) is 13.8 Å². The van der Waals surface area contributed by atoms with Gasteiger partial charge in [-0.05, 0) is 26.0 Å². The number of benzene rings is 1. The third-order valence-electron chi connectivity index (χ3n) is 3.45. The SMILES string of the molecule is CC1CN(c2ccc([N+](=O)[O-])cc2)C(C)CN1N=O. The molecule has 0 aromatic heterocycles. The van der Waals surface area contributed by atoms with E-state index in [9.17, 15) is 15.0 Å². The van der Waals surface area contributed by atoms with Gasteiger partial charge in [-0.25, -0.2) is 0 Å². The van der Waals surface area contributed by atoms with Gasteiger partial charge in [0.1, 0.15) is 0 Å². The summed E-state index contributed by atoms with van der Waals surface area (Å²) in [6.45, 7) is 5.17. The molecule has 0 N–H and O–H groups in total. The summed E-state index contributed by atoms with van der Waals surface area (Å²) in [4.78, 5) is 23.0. The Balaban J connectivity index is 2.17. The van der Waals surface area contributed by atoms with Gasteiger partial charge in [0, 0.05) is 30.4 Å². The van der Waals surface area contributed by atoms with E-state index in [2.05, 4.69) is 10.2 Å². The zero-order valence-electron chi connectivity index (χ0n) is 10.9. The van der Waals surface area contributed by atoms with Crippen molar-refractivity contribution >= 4 is 11.4 Å². The van der Waals surface area contributed by atoms with Crippen LogP contribution in [0, 0.1) is 15.0 Å². The maximum absolute atomic E-state index is 10.7. The van der Waals surface area contributed by atoms with E-state index in [0.717, 1.165) is 5.69 Å². The number of hydrogen-bond donors (Lipinski definition) is 0. The molecule has 1 aromatic carbocycles. The van der Waals surface area contributed by atoms with E-state index in [-0.39, 0.29) is 17.8 Å². The fourth-order valence-corrected chi connectivity index (χ4v) is 2.35. The lowest BCUT2D eigenvalue weighted by atomic mass is 10.1. The topological polar surface area (TPSA) is 79.0 Å². The molecule has 1 aromatic rings. The molecule has 0 bridgehead atoms. The van der Waals surface area contributed by atoms with Crippen LogP contribution in [0.25, 0.3) is 0 Å². The normalized spacial score (nSPS) is 23.3. The molecule has 0 spiro atoms. The Bertz CT molecular complexity index is 476. The van der Waals surface area contributed by atoms with Crippen molar-refractivity contribution in [3.8, 4) is 0 Å². The number of nitro groups is 1. The highest BCUT2D eigenvalue weighted by atomic mass is 16.6. The van der Waals surface area contributed by atoms with Gasteiger partial charge in [0.2, 0.25) is 0 Å². The predicted octanol–water partition coefficient (Wildman–Crippen LogP) is 2.18. The van der Waals surface area contributed by atoms with Crippen LogP contribution < -0.4 is 4.90 Å². The number of hydrogen-bond acceptors (Lipinski definition) is 5. The minimum absolute atomic E-state index is 0.0314. The van der Waals surface area contributed by atoms with E-state index in [1.54, 1.807) is 12.1 Å². The molecule has 2 atom stereocenters. The van der Waals surface area contributed by atoms with Crippen LogP contribution in [-0.2, 0) is 0 Å². The average Bonchev–Trinajstić information content (AvgIpc) is 2.41. The highest BCUT2D eigenvalue weighted by molar-refractivity contribution is 5.52. The van der Waals surface area contributed by atoms with Crippen molar-refractivity contribution in [3.05, 3.63) is 39.3 Å². The predicted molar refractivity (Wildman–Crippen MR) is 71.9 cm³/mol. The maximum Gasteiger partial charge on any atom is 0.269 e. The zero-order valence-corrected chi connectivity index (χ0v) is 10.9. The molecule has 1 saturated heterocycles. The smallest absolute Gasteiger partial charge is 0.269 e. The summed E-state index contributed by atoms with van der Waals surface area (Å²) >= 11 is 0. The number of anilines is 1. The monoisotopic (exact) mass is 264 g/mol. The number of nitro benzene ring substituents is 1. The Labute approximate surface area is 110 Å². The van der Waals surface area contributed by atoms with Gasteiger partial charge in [0.05, 0.1) is 22.8 Å². The first-order chi connectivity index (χ1) is 9.02. The van der Waals surface area contributed by atoms with Gasteiger partial charge in [-0.1, -0.05) is 0 Å². The Morgan fingerprint density at radius 1 is 1.21 bits per heavy atom. The minimum atomic E-state index is -0.413. The van der Waals surface area contributed by atoms with E-state index in [0.29, 0.717) is 13.1 Å². The standard InChI is InChI=1S/C12H16N4O3/c1-9-8-15(13-17)10(2)7-14(9)11-3-5-12(6-4-11)16(18)19/h3-6,9-10H,7-8H2,1-2H3. The Hall–Kier alpha value is -2.18. The summed E-state index contributed by atoms with van der Waals surface area (Å²) in [6, 6.07) is 6.64. The van der Waals surface area contributed by atoms with E-state index in [1.807, 2.05) is 13.8 Å². The number of piperazine rings is 1. The van der Waals surface area contributed by atoms with Gasteiger partial charge in [0.25, 0.3) is 5.69 Å². The Morgan fingerprint density at radius 2 is 1.84 bits per heavy atom. The first kappa shape index (κ1) is 13.3. The fraction of sp³-hybridized carbons (Fsp3) is 0.500. The molecule has 0 saturated carbocycles. The summed E-state index contributed by atoms with van der Waals surface area (Å²) in [5, 5.41) is 15.2. The van der Waals surface area contributed by atoms with E-state index in [1.165, 1.54) is 17.1 Å². The number of nitrogens with zero attached hydrogens (tertiary/aromatic N) is 4. The highest BCUT2D eigenvalue weighted by Gasteiger charge is 2.29. The Morgan fingerprint density at radius 3 is 2.37 bits per heavy atom. The molecule has 1 aliphatic rings. The lowest BCUT2D eigenvalue weighted by Crippen LogP contribution is -2.54. The number of rotatable bonds is 3. The van der Waals surface area contributed by atoms with Gasteiger partial charge >= 0.3 is 0 Å². The molecule has 0 aliphatic carbocycles. The summed E-state index contributed by atoms with van der Waals surface area (Å²) in [6.07, 6.45) is 0. The van der Waals surface area contributed by atoms with Crippen LogP contribution in [0.3, 0.4) is 0 Å². The van der Waals surface area contributed by atoms with Gasteiger partial charge in [-0.2, -0.15) is 0 Å². The number of non-ortho nitro benzene ring substituents is 1. The van der Waals surface area contributed by atoms with Crippen molar-refractivity contribution in [2.75, 3.05) is 18.0 Å². The van der Waals surface area contributed by atoms with Gasteiger partial charge < -0.3 is 4.90 Å². The van der Waals surface area contributed by atoms with Gasteiger partial charge in [0.15, 0.2) is 0 Å². The third kappa shape index (κ3) is 2.64. The molecule has 19 heavy (non-hydrogen) atoms. The lowest BCUT2D eigenvalue weighted by molar-refractivity contribution is -0.384. The second kappa shape index (κ2) is 5.21. The summed E-state index contributed by atoms with van der Waals surface area (Å²) in [5.74, 6) is 0. The molecule has 1 aliphatic heterocycles. The summed E-state index contributed by atoms with van der Waals surface area (Å²) in [5.41, 5.74) is 1.01. The minimum Gasteiger partial charge on any atom is -0.365 e. The largest absolute Gasteiger partial charge is 0.365 e. The van der Waals surface area contributed by atoms with Crippen LogP contribution in [0.15, 0.2) is 29.6 Å². The van der Waals surface area contributed by atoms with Crippen LogP contribution in [0.5, 0.6) is 0 Å². The molecule has 1 heterocycles. The fourth-order valence-electron chi connectivity index (χ4n) is 2.35. The van der Waals surface area contributed by atoms with E-state index >= 15 is 0 Å². The van der Waals surface area contributed by atoms with Crippen molar-refractivity contribution in [1.29, 1.82) is 0 Å². The third-order valence-corrected chi connectivity index (χ3v) is 3.45. The van der Waals surface area contributed by atoms with Gasteiger partial charge in [-0.3, -0.25) is 15.1 Å². The van der Waals surface area contributed by atoms with Crippen LogP contribution in [-0.4, -0.2) is 35.1 Å². The number of nitroso groups, excluding NO2 is 1. The highest BCUT2D eigenvalue weighted by Crippen LogP contribution is 2.25. The Kier molecular flexibility index (Phi) is 3.64. The summed E-state index contributed by atoms with van der Waals surface area (Å²) in [7, 11) is 0. The summed E-state index contributed by atoms with van der Waals surface area (Å²) < 4.78 is 0. The molecule has 2 rings (SSSR count). The molecule has 0 radical (unpaired) electrons. The van der Waals surface area contributed by atoms with Crippen LogP contribution in [0.4, 0.5) is 11.4 Å². The second-order valence-corrected chi connectivity index (χ2v) is 4.83. The maximum atomic E-state index is 10.7. The first-order valence-electron chi connectivity index (χ1n) is 6.14. The molecule has 1 fully saturated rings. The molecule has 102 valence electrons. The average molecular weight is 264 g/mol. The van der Waals surface area contributed by atoms with Crippen molar-refractivity contribution in [3.63, 3.8) is 0 Å².